The molecule has 3 aromatic heterocycles. The summed E-state index contributed by atoms with van der Waals surface area (Å²) in [7, 11) is 0. The van der Waals surface area contributed by atoms with E-state index in [0.717, 1.165) is 65.4 Å². The fourth-order valence-corrected chi connectivity index (χ4v) is 5.58. The van der Waals surface area contributed by atoms with E-state index in [2.05, 4.69) is 31.8 Å². The molecule has 4 N–H and O–H groups in total. The number of halogens is 1. The highest BCUT2D eigenvalue weighted by molar-refractivity contribution is 7.98. The fourth-order valence-electron chi connectivity index (χ4n) is 4.21. The van der Waals surface area contributed by atoms with Crippen molar-refractivity contribution in [3.05, 3.63) is 53.7 Å². The van der Waals surface area contributed by atoms with Gasteiger partial charge >= 0.3 is 0 Å². The third-order valence-corrected chi connectivity index (χ3v) is 7.70. The number of anilines is 1. The van der Waals surface area contributed by atoms with Crippen LogP contribution < -0.4 is 9.64 Å². The average molecular weight is 532 g/mol. The van der Waals surface area contributed by atoms with Crippen LogP contribution in [0.25, 0.3) is 21.3 Å². The molecule has 0 aliphatic carbocycles. The molecule has 1 aliphatic heterocycles. The van der Waals surface area contributed by atoms with Crippen LogP contribution in [0.15, 0.2) is 47.2 Å². The molecule has 4 aromatic rings. The van der Waals surface area contributed by atoms with Gasteiger partial charge in [-0.2, -0.15) is 0 Å². The first-order valence-corrected chi connectivity index (χ1v) is 13.5. The Morgan fingerprint density at radius 1 is 1.08 bits per heavy atom. The van der Waals surface area contributed by atoms with Gasteiger partial charge in [-0.25, -0.2) is 24.3 Å². The molecule has 0 spiro atoms. The number of piperidine rings is 1. The number of fused-ring (bicyclic) bond motifs is 1. The molecule has 0 unspecified atom stereocenters. The van der Waals surface area contributed by atoms with E-state index in [-0.39, 0.29) is 22.9 Å². The summed E-state index contributed by atoms with van der Waals surface area (Å²) in [4.78, 5) is 21.0. The third-order valence-electron chi connectivity index (χ3n) is 6.02. The molecule has 0 atom stereocenters. The minimum absolute atomic E-state index is 0. The smallest absolute Gasteiger partial charge is 0.235 e. The van der Waals surface area contributed by atoms with Gasteiger partial charge in [-0.15, -0.1) is 23.1 Å². The first-order chi connectivity index (χ1) is 16.7. The lowest BCUT2D eigenvalue weighted by Crippen LogP contribution is -2.39. The molecule has 5 rings (SSSR count). The standard InChI is InChI=1S/C25H26FN5OS2.2H2O/c1-3-4-16-12-27-25(28-13-16)31-9-7-17(8-10-31)32-24-23-22(29-15-30-24)20(14-34-23)19-6-5-18(33-2)11-21(19)26;;/h5-6,11-15,17H,3-4,7-10H2,1-2H3;2*1H2. The Hall–Kier alpha value is -2.86. The summed E-state index contributed by atoms with van der Waals surface area (Å²) < 4.78 is 21.9. The number of ether oxygens (including phenoxy) is 1. The highest BCUT2D eigenvalue weighted by Gasteiger charge is 2.24. The van der Waals surface area contributed by atoms with Gasteiger partial charge in [-0.05, 0) is 30.4 Å². The SMILES string of the molecule is CCCc1cnc(N2CCC(Oc3ncnc4c(-c5ccc(SC)cc5F)csc34)CC2)nc1.O.O. The van der Waals surface area contributed by atoms with Crippen LogP contribution in [-0.4, -0.2) is 56.3 Å². The fraction of sp³-hybridized carbons (Fsp3) is 0.360. The summed E-state index contributed by atoms with van der Waals surface area (Å²) in [6, 6.07) is 5.31. The molecule has 0 bridgehead atoms. The molecule has 4 heterocycles. The van der Waals surface area contributed by atoms with Crippen molar-refractivity contribution in [1.82, 2.24) is 19.9 Å². The van der Waals surface area contributed by atoms with E-state index in [1.807, 2.05) is 36.2 Å². The lowest BCUT2D eigenvalue weighted by molar-refractivity contribution is 0.166. The second kappa shape index (κ2) is 12.4. The number of aryl methyl sites for hydroxylation is 1. The zero-order valence-electron chi connectivity index (χ0n) is 20.2. The van der Waals surface area contributed by atoms with Crippen LogP contribution in [0.2, 0.25) is 0 Å². The van der Waals surface area contributed by atoms with E-state index in [4.69, 9.17) is 4.74 Å². The van der Waals surface area contributed by atoms with Gasteiger partial charge in [0, 0.05) is 59.7 Å². The lowest BCUT2D eigenvalue weighted by atomic mass is 10.1. The van der Waals surface area contributed by atoms with Gasteiger partial charge in [0.25, 0.3) is 0 Å². The molecule has 0 radical (unpaired) electrons. The minimum Gasteiger partial charge on any atom is -0.473 e. The van der Waals surface area contributed by atoms with Gasteiger partial charge in [0.15, 0.2) is 0 Å². The maximum absolute atomic E-state index is 14.7. The first-order valence-electron chi connectivity index (χ1n) is 11.4. The van der Waals surface area contributed by atoms with Crippen LogP contribution in [0.3, 0.4) is 0 Å². The number of benzene rings is 1. The maximum Gasteiger partial charge on any atom is 0.235 e. The Balaban J connectivity index is 0.00000180. The summed E-state index contributed by atoms with van der Waals surface area (Å²) in [5.74, 6) is 1.10. The lowest BCUT2D eigenvalue weighted by Gasteiger charge is -2.31. The van der Waals surface area contributed by atoms with Crippen LogP contribution in [0.4, 0.5) is 10.3 Å². The number of thiophene rings is 1. The number of rotatable bonds is 7. The minimum atomic E-state index is -0.245. The van der Waals surface area contributed by atoms with Crippen LogP contribution in [0, 0.1) is 5.82 Å². The van der Waals surface area contributed by atoms with Gasteiger partial charge in [0.2, 0.25) is 11.8 Å². The summed E-state index contributed by atoms with van der Waals surface area (Å²) in [5, 5.41) is 1.94. The summed E-state index contributed by atoms with van der Waals surface area (Å²) in [6.45, 7) is 3.81. The zero-order chi connectivity index (χ0) is 23.5. The van der Waals surface area contributed by atoms with Crippen LogP contribution >= 0.6 is 23.1 Å². The highest BCUT2D eigenvalue weighted by atomic mass is 32.2. The molecule has 8 nitrogen and oxygen atoms in total. The van der Waals surface area contributed by atoms with Crippen LogP contribution in [0.5, 0.6) is 5.88 Å². The molecular formula is C25H30FN5O3S2. The third kappa shape index (κ3) is 5.75. The van der Waals surface area contributed by atoms with E-state index >= 15 is 0 Å². The summed E-state index contributed by atoms with van der Waals surface area (Å²) in [6.07, 6.45) is 11.2. The molecule has 0 saturated carbocycles. The second-order valence-electron chi connectivity index (χ2n) is 8.30. The molecule has 36 heavy (non-hydrogen) atoms. The monoisotopic (exact) mass is 531 g/mol. The van der Waals surface area contributed by atoms with Gasteiger partial charge < -0.3 is 20.6 Å². The molecule has 0 amide bonds. The Morgan fingerprint density at radius 2 is 1.83 bits per heavy atom. The molecule has 1 fully saturated rings. The van der Waals surface area contributed by atoms with E-state index in [0.29, 0.717) is 11.4 Å². The number of nitrogens with zero attached hydrogens (tertiary/aromatic N) is 5. The molecule has 1 aromatic carbocycles. The molecule has 1 saturated heterocycles. The van der Waals surface area contributed by atoms with Crippen molar-refractivity contribution in [2.24, 2.45) is 0 Å². The Kier molecular flexibility index (Phi) is 9.55. The van der Waals surface area contributed by atoms with Crippen molar-refractivity contribution in [3.8, 4) is 17.0 Å². The topological polar surface area (TPSA) is 127 Å². The molecular weight excluding hydrogens is 501 g/mol. The van der Waals surface area contributed by atoms with E-state index in [1.54, 1.807) is 6.07 Å². The van der Waals surface area contributed by atoms with Crippen molar-refractivity contribution < 1.29 is 20.1 Å². The van der Waals surface area contributed by atoms with E-state index < -0.39 is 0 Å². The zero-order valence-corrected chi connectivity index (χ0v) is 21.8. The number of aromatic nitrogens is 4. The van der Waals surface area contributed by atoms with Gasteiger partial charge in [0.05, 0.1) is 5.52 Å². The van der Waals surface area contributed by atoms with Crippen molar-refractivity contribution in [3.63, 3.8) is 0 Å². The number of thioether (sulfide) groups is 1. The normalized spacial score (nSPS) is 13.8. The molecule has 1 aliphatic rings. The van der Waals surface area contributed by atoms with Gasteiger partial charge in [0.1, 0.15) is 22.9 Å². The first kappa shape index (κ1) is 27.7. The number of hydrogen-bond donors (Lipinski definition) is 0. The highest BCUT2D eigenvalue weighted by Crippen LogP contribution is 2.38. The second-order valence-corrected chi connectivity index (χ2v) is 10.1. The van der Waals surface area contributed by atoms with Crippen molar-refractivity contribution in [2.75, 3.05) is 24.2 Å². The van der Waals surface area contributed by atoms with Crippen molar-refractivity contribution in [2.45, 2.75) is 43.6 Å². The Bertz CT molecular complexity index is 1280. The van der Waals surface area contributed by atoms with E-state index in [9.17, 15) is 4.39 Å². The largest absolute Gasteiger partial charge is 0.473 e. The van der Waals surface area contributed by atoms with Gasteiger partial charge in [-0.3, -0.25) is 0 Å². The quantitative estimate of drug-likeness (QED) is 0.324. The Labute approximate surface area is 217 Å². The van der Waals surface area contributed by atoms with Crippen LogP contribution in [-0.2, 0) is 6.42 Å². The summed E-state index contributed by atoms with van der Waals surface area (Å²) in [5.41, 5.74) is 3.22. The predicted molar refractivity (Wildman–Crippen MR) is 144 cm³/mol. The van der Waals surface area contributed by atoms with E-state index in [1.165, 1.54) is 35.0 Å². The van der Waals surface area contributed by atoms with Crippen molar-refractivity contribution in [1.29, 1.82) is 0 Å². The predicted octanol–water partition coefficient (Wildman–Crippen LogP) is 4.36. The van der Waals surface area contributed by atoms with Crippen molar-refractivity contribution >= 4 is 39.3 Å². The molecule has 11 heteroatoms. The number of hydrogen-bond acceptors (Lipinski definition) is 8. The van der Waals surface area contributed by atoms with Gasteiger partial charge in [-0.1, -0.05) is 19.4 Å². The maximum atomic E-state index is 14.7. The molecule has 192 valence electrons. The Morgan fingerprint density at radius 3 is 2.50 bits per heavy atom. The summed E-state index contributed by atoms with van der Waals surface area (Å²) >= 11 is 3.01. The average Bonchev–Trinajstić information content (AvgIpc) is 3.30. The van der Waals surface area contributed by atoms with Crippen LogP contribution in [0.1, 0.15) is 31.7 Å².